The normalized spacial score (nSPS) is 17.3. The number of anilines is 2. The molecule has 30 heavy (non-hydrogen) atoms. The largest absolute Gasteiger partial charge is 0.382 e. The summed E-state index contributed by atoms with van der Waals surface area (Å²) in [5.74, 6) is 0.952. The van der Waals surface area contributed by atoms with Gasteiger partial charge >= 0.3 is 0 Å². The van der Waals surface area contributed by atoms with E-state index in [1.165, 1.54) is 6.20 Å². The minimum atomic E-state index is 0.0821. The Morgan fingerprint density at radius 3 is 3.07 bits per heavy atom. The molecule has 0 spiro atoms. The van der Waals surface area contributed by atoms with Gasteiger partial charge in [0.05, 0.1) is 25.1 Å². The van der Waals surface area contributed by atoms with Crippen LogP contribution in [0.5, 0.6) is 0 Å². The van der Waals surface area contributed by atoms with Crippen LogP contribution in [0.15, 0.2) is 46.7 Å². The number of aliphatic imine (C=N–C) groups is 2. The fraction of sp³-hybridized carbons (Fsp3) is 0.350. The van der Waals surface area contributed by atoms with Crippen LogP contribution < -0.4 is 16.0 Å². The van der Waals surface area contributed by atoms with Gasteiger partial charge < -0.3 is 20.7 Å². The van der Waals surface area contributed by atoms with Crippen LogP contribution in [0.4, 0.5) is 11.5 Å². The van der Waals surface area contributed by atoms with Crippen LogP contribution in [0.1, 0.15) is 6.92 Å². The molecular weight excluding hydrogens is 382 g/mol. The molecule has 1 saturated heterocycles. The van der Waals surface area contributed by atoms with Crippen LogP contribution in [-0.4, -0.2) is 59.5 Å². The van der Waals surface area contributed by atoms with Gasteiger partial charge in [-0.05, 0) is 13.6 Å². The molecule has 0 radical (unpaired) electrons. The van der Waals surface area contributed by atoms with Crippen molar-refractivity contribution in [1.82, 2.24) is 20.1 Å². The lowest BCUT2D eigenvalue weighted by Crippen LogP contribution is -2.42. The number of aromatic nitrogens is 3. The molecule has 0 unspecified atom stereocenters. The predicted octanol–water partition coefficient (Wildman–Crippen LogP) is 1.78. The number of rotatable bonds is 8. The topological polar surface area (TPSA) is 125 Å². The maximum absolute atomic E-state index is 8.83. The van der Waals surface area contributed by atoms with Crippen molar-refractivity contribution in [3.8, 4) is 17.2 Å². The van der Waals surface area contributed by atoms with Gasteiger partial charge in [-0.3, -0.25) is 4.68 Å². The summed E-state index contributed by atoms with van der Waals surface area (Å²) >= 11 is 0. The van der Waals surface area contributed by atoms with Crippen molar-refractivity contribution < 1.29 is 4.74 Å². The summed E-state index contributed by atoms with van der Waals surface area (Å²) in [7, 11) is 1.87. The molecule has 3 N–H and O–H groups in total. The maximum Gasteiger partial charge on any atom is 0.149 e. The second kappa shape index (κ2) is 10.3. The molecule has 3 rings (SSSR count). The van der Waals surface area contributed by atoms with Crippen LogP contribution in [0, 0.1) is 11.3 Å². The molecule has 1 atom stereocenters. The van der Waals surface area contributed by atoms with Gasteiger partial charge in [0.25, 0.3) is 0 Å². The van der Waals surface area contributed by atoms with Crippen LogP contribution in [0.3, 0.4) is 0 Å². The SMILES string of the molecule is C=N/C(=C\N=C(/C)C#N)Nc1cc(NC[C@@H]2CNCCO2)c(-c2cnn(C)c2)cn1. The molecule has 0 bridgehead atoms. The maximum atomic E-state index is 8.83. The first-order valence-electron chi connectivity index (χ1n) is 9.52. The zero-order valence-corrected chi connectivity index (χ0v) is 17.1. The minimum absolute atomic E-state index is 0.0821. The second-order valence-corrected chi connectivity index (χ2v) is 6.72. The van der Waals surface area contributed by atoms with Gasteiger partial charge in [0.2, 0.25) is 0 Å². The van der Waals surface area contributed by atoms with Crippen molar-refractivity contribution in [2.75, 3.05) is 36.9 Å². The van der Waals surface area contributed by atoms with E-state index in [-0.39, 0.29) is 6.10 Å². The Labute approximate surface area is 175 Å². The molecule has 1 fully saturated rings. The van der Waals surface area contributed by atoms with Crippen LogP contribution >= 0.6 is 0 Å². The van der Waals surface area contributed by atoms with E-state index < -0.39 is 0 Å². The molecule has 0 amide bonds. The third kappa shape index (κ3) is 5.73. The quantitative estimate of drug-likeness (QED) is 0.570. The molecule has 0 aromatic carbocycles. The fourth-order valence-corrected chi connectivity index (χ4v) is 2.87. The third-order valence-corrected chi connectivity index (χ3v) is 4.41. The van der Waals surface area contributed by atoms with Gasteiger partial charge in [0, 0.05) is 62.0 Å². The summed E-state index contributed by atoms with van der Waals surface area (Å²) in [6.45, 7) is 8.18. The Morgan fingerprint density at radius 1 is 1.53 bits per heavy atom. The Hall–Kier alpha value is -3.55. The number of hydrogen-bond donors (Lipinski definition) is 3. The zero-order valence-electron chi connectivity index (χ0n) is 17.1. The van der Waals surface area contributed by atoms with E-state index in [0.717, 1.165) is 29.9 Å². The highest BCUT2D eigenvalue weighted by atomic mass is 16.5. The van der Waals surface area contributed by atoms with Crippen molar-refractivity contribution in [1.29, 1.82) is 5.26 Å². The molecule has 1 aliphatic heterocycles. The molecule has 2 aromatic heterocycles. The molecule has 1 aliphatic rings. The summed E-state index contributed by atoms with van der Waals surface area (Å²) in [5.41, 5.74) is 3.08. The number of nitrogens with one attached hydrogen (secondary N) is 3. The van der Waals surface area contributed by atoms with Gasteiger partial charge in [-0.25, -0.2) is 15.0 Å². The van der Waals surface area contributed by atoms with Crippen molar-refractivity contribution in [3.63, 3.8) is 0 Å². The van der Waals surface area contributed by atoms with Gasteiger partial charge in [-0.1, -0.05) is 0 Å². The lowest BCUT2D eigenvalue weighted by Gasteiger charge is -2.24. The van der Waals surface area contributed by atoms with Crippen molar-refractivity contribution in [2.24, 2.45) is 17.0 Å². The first-order chi connectivity index (χ1) is 14.6. The van der Waals surface area contributed by atoms with E-state index in [9.17, 15) is 0 Å². The lowest BCUT2D eigenvalue weighted by atomic mass is 10.1. The molecule has 0 saturated carbocycles. The van der Waals surface area contributed by atoms with Crippen LogP contribution in [0.25, 0.3) is 11.1 Å². The number of hydrogen-bond acceptors (Lipinski definition) is 9. The van der Waals surface area contributed by atoms with Gasteiger partial charge in [0.15, 0.2) is 0 Å². The van der Waals surface area contributed by atoms with Gasteiger partial charge in [-0.2, -0.15) is 10.4 Å². The number of nitrogens with zero attached hydrogens (tertiary/aromatic N) is 6. The Morgan fingerprint density at radius 2 is 2.40 bits per heavy atom. The first kappa shape index (κ1) is 21.2. The average molecular weight is 407 g/mol. The number of aryl methyl sites for hydroxylation is 1. The van der Waals surface area contributed by atoms with Gasteiger partial charge in [0.1, 0.15) is 23.4 Å². The van der Waals surface area contributed by atoms with Crippen molar-refractivity contribution in [3.05, 3.63) is 36.7 Å². The molecular formula is C20H25N9O. The zero-order chi connectivity index (χ0) is 21.3. The monoisotopic (exact) mass is 407 g/mol. The highest BCUT2D eigenvalue weighted by Crippen LogP contribution is 2.29. The molecule has 10 heteroatoms. The predicted molar refractivity (Wildman–Crippen MR) is 118 cm³/mol. The van der Waals surface area contributed by atoms with E-state index in [4.69, 9.17) is 10.00 Å². The van der Waals surface area contributed by atoms with E-state index in [1.807, 2.05) is 25.4 Å². The minimum Gasteiger partial charge on any atom is -0.382 e. The Kier molecular flexibility index (Phi) is 7.26. The first-order valence-corrected chi connectivity index (χ1v) is 9.52. The third-order valence-electron chi connectivity index (χ3n) is 4.41. The summed E-state index contributed by atoms with van der Waals surface area (Å²) in [4.78, 5) is 12.4. The number of morpholine rings is 1. The highest BCUT2D eigenvalue weighted by Gasteiger charge is 2.15. The highest BCUT2D eigenvalue weighted by molar-refractivity contribution is 5.96. The number of ether oxygens (including phenoxy) is 1. The van der Waals surface area contributed by atoms with E-state index >= 15 is 0 Å². The number of nitriles is 1. The Balaban J connectivity index is 1.84. The molecule has 0 aliphatic carbocycles. The smallest absolute Gasteiger partial charge is 0.149 e. The summed E-state index contributed by atoms with van der Waals surface area (Å²) in [6, 6.07) is 3.85. The van der Waals surface area contributed by atoms with Crippen LogP contribution in [-0.2, 0) is 11.8 Å². The Bertz CT molecular complexity index is 980. The standard InChI is InChI=1S/C20H25N9O/c1-14(7-21)24-12-20(22-2)28-19-6-18(25-10-16-9-23-4-5-30-16)17(11-26-19)15-8-27-29(3)13-15/h6,8,11-13,16,23H,2,4-5,9-10H2,1,3H3,(H2,25,26,28)/b20-12+,24-14+/t16-/m0/s1. The molecule has 2 aromatic rings. The fourth-order valence-electron chi connectivity index (χ4n) is 2.87. The summed E-state index contributed by atoms with van der Waals surface area (Å²) < 4.78 is 7.53. The summed E-state index contributed by atoms with van der Waals surface area (Å²) in [5, 5.41) is 23.0. The molecule has 3 heterocycles. The number of pyridine rings is 1. The summed E-state index contributed by atoms with van der Waals surface area (Å²) in [6.07, 6.45) is 7.02. The van der Waals surface area contributed by atoms with E-state index in [2.05, 4.69) is 42.7 Å². The lowest BCUT2D eigenvalue weighted by molar-refractivity contribution is 0.0372. The molecule has 156 valence electrons. The van der Waals surface area contributed by atoms with Crippen molar-refractivity contribution in [2.45, 2.75) is 13.0 Å². The average Bonchev–Trinajstić information content (AvgIpc) is 3.21. The van der Waals surface area contributed by atoms with Crippen LogP contribution in [0.2, 0.25) is 0 Å². The van der Waals surface area contributed by atoms with Gasteiger partial charge in [-0.15, -0.1) is 0 Å². The molecule has 10 nitrogen and oxygen atoms in total. The van der Waals surface area contributed by atoms with E-state index in [0.29, 0.717) is 30.5 Å². The van der Waals surface area contributed by atoms with E-state index in [1.54, 1.807) is 24.0 Å². The second-order valence-electron chi connectivity index (χ2n) is 6.72. The van der Waals surface area contributed by atoms with Crippen molar-refractivity contribution >= 4 is 23.9 Å².